The zero-order valence-corrected chi connectivity index (χ0v) is 15.6. The SMILES string of the molecule is CCCCCCC(NCCN=Cc1ccccc1O)c1ccccc1O. The first-order valence-corrected chi connectivity index (χ1v) is 9.51. The number of nitrogens with zero attached hydrogens (tertiary/aromatic N) is 1. The fraction of sp³-hybridized carbons (Fsp3) is 0.409. The summed E-state index contributed by atoms with van der Waals surface area (Å²) >= 11 is 0. The third-order valence-electron chi connectivity index (χ3n) is 4.46. The third-order valence-corrected chi connectivity index (χ3v) is 4.46. The minimum Gasteiger partial charge on any atom is -0.508 e. The highest BCUT2D eigenvalue weighted by Crippen LogP contribution is 2.27. The number of aromatic hydroxyl groups is 2. The maximum absolute atomic E-state index is 10.2. The molecule has 4 heteroatoms. The van der Waals surface area contributed by atoms with Gasteiger partial charge in [-0.3, -0.25) is 4.99 Å². The van der Waals surface area contributed by atoms with Crippen LogP contribution in [0, 0.1) is 0 Å². The van der Waals surface area contributed by atoms with Gasteiger partial charge in [-0.2, -0.15) is 0 Å². The standard InChI is InChI=1S/C22H30N2O2/c1-2-3-4-5-12-20(19-11-7-9-14-22(19)26)24-16-15-23-17-18-10-6-8-13-21(18)25/h6-11,13-14,17,20,24-26H,2-5,12,15-16H2,1H3. The normalized spacial score (nSPS) is 12.5. The van der Waals surface area contributed by atoms with E-state index in [-0.39, 0.29) is 11.8 Å². The van der Waals surface area contributed by atoms with Crippen LogP contribution in [0.15, 0.2) is 53.5 Å². The lowest BCUT2D eigenvalue weighted by Crippen LogP contribution is -2.24. The molecule has 26 heavy (non-hydrogen) atoms. The van der Waals surface area contributed by atoms with E-state index in [0.29, 0.717) is 12.3 Å². The summed E-state index contributed by atoms with van der Waals surface area (Å²) < 4.78 is 0. The van der Waals surface area contributed by atoms with Gasteiger partial charge in [-0.1, -0.05) is 62.9 Å². The third kappa shape index (κ3) is 6.52. The topological polar surface area (TPSA) is 64.9 Å². The maximum Gasteiger partial charge on any atom is 0.124 e. The maximum atomic E-state index is 10.2. The molecular formula is C22H30N2O2. The Bertz CT molecular complexity index is 685. The van der Waals surface area contributed by atoms with E-state index in [2.05, 4.69) is 17.2 Å². The van der Waals surface area contributed by atoms with E-state index in [4.69, 9.17) is 0 Å². The van der Waals surface area contributed by atoms with E-state index in [1.807, 2.05) is 30.3 Å². The second-order valence-electron chi connectivity index (χ2n) is 6.51. The summed E-state index contributed by atoms with van der Waals surface area (Å²) in [6, 6.07) is 14.8. The van der Waals surface area contributed by atoms with Crippen LogP contribution >= 0.6 is 0 Å². The quantitative estimate of drug-likeness (QED) is 0.400. The Hall–Kier alpha value is -2.33. The van der Waals surface area contributed by atoms with Crippen LogP contribution in [0.25, 0.3) is 0 Å². The molecule has 0 saturated carbocycles. The Morgan fingerprint density at radius 3 is 2.42 bits per heavy atom. The van der Waals surface area contributed by atoms with Crippen molar-refractivity contribution in [3.8, 4) is 11.5 Å². The minimum absolute atomic E-state index is 0.133. The number of aliphatic imine (C=N–C) groups is 1. The number of phenolic OH excluding ortho intramolecular Hbond substituents is 2. The van der Waals surface area contributed by atoms with Gasteiger partial charge in [-0.15, -0.1) is 0 Å². The lowest BCUT2D eigenvalue weighted by molar-refractivity contribution is 0.429. The number of unbranched alkanes of at least 4 members (excludes halogenated alkanes) is 3. The van der Waals surface area contributed by atoms with Crippen molar-refractivity contribution in [2.45, 2.75) is 45.1 Å². The molecule has 0 heterocycles. The number of hydrogen-bond donors (Lipinski definition) is 3. The number of nitrogens with one attached hydrogen (secondary N) is 1. The molecule has 0 aliphatic rings. The average Bonchev–Trinajstić information content (AvgIpc) is 2.65. The van der Waals surface area contributed by atoms with E-state index in [9.17, 15) is 10.2 Å². The van der Waals surface area contributed by atoms with E-state index < -0.39 is 0 Å². The summed E-state index contributed by atoms with van der Waals surface area (Å²) in [6.45, 7) is 3.55. The van der Waals surface area contributed by atoms with Crippen molar-refractivity contribution in [3.63, 3.8) is 0 Å². The van der Waals surface area contributed by atoms with Crippen molar-refractivity contribution in [2.24, 2.45) is 4.99 Å². The summed E-state index contributed by atoms with van der Waals surface area (Å²) in [5.74, 6) is 0.588. The van der Waals surface area contributed by atoms with Crippen LogP contribution in [0.2, 0.25) is 0 Å². The van der Waals surface area contributed by atoms with Gasteiger partial charge in [0.15, 0.2) is 0 Å². The highest BCUT2D eigenvalue weighted by Gasteiger charge is 2.13. The lowest BCUT2D eigenvalue weighted by atomic mass is 9.99. The van der Waals surface area contributed by atoms with Gasteiger partial charge in [0.1, 0.15) is 11.5 Å². The van der Waals surface area contributed by atoms with Crippen molar-refractivity contribution in [2.75, 3.05) is 13.1 Å². The van der Waals surface area contributed by atoms with Crippen molar-refractivity contribution in [1.82, 2.24) is 5.32 Å². The molecule has 4 nitrogen and oxygen atoms in total. The molecule has 0 radical (unpaired) electrons. The van der Waals surface area contributed by atoms with Crippen LogP contribution in [-0.2, 0) is 0 Å². The second kappa shape index (κ2) is 11.3. The molecule has 2 aromatic rings. The van der Waals surface area contributed by atoms with Crippen LogP contribution < -0.4 is 5.32 Å². The summed E-state index contributed by atoms with van der Waals surface area (Å²) in [4.78, 5) is 4.39. The summed E-state index contributed by atoms with van der Waals surface area (Å²) in [5.41, 5.74) is 1.68. The highest BCUT2D eigenvalue weighted by molar-refractivity contribution is 5.83. The molecule has 0 fully saturated rings. The molecule has 0 aliphatic heterocycles. The van der Waals surface area contributed by atoms with Crippen molar-refractivity contribution < 1.29 is 10.2 Å². The molecular weight excluding hydrogens is 324 g/mol. The van der Waals surface area contributed by atoms with Gasteiger partial charge in [0.2, 0.25) is 0 Å². The lowest BCUT2D eigenvalue weighted by Gasteiger charge is -2.20. The van der Waals surface area contributed by atoms with Crippen molar-refractivity contribution in [3.05, 3.63) is 59.7 Å². The van der Waals surface area contributed by atoms with Gasteiger partial charge in [-0.05, 0) is 24.6 Å². The zero-order valence-electron chi connectivity index (χ0n) is 15.6. The Morgan fingerprint density at radius 2 is 1.69 bits per heavy atom. The molecule has 0 bridgehead atoms. The van der Waals surface area contributed by atoms with Crippen LogP contribution in [0.4, 0.5) is 0 Å². The smallest absolute Gasteiger partial charge is 0.124 e. The fourth-order valence-corrected chi connectivity index (χ4v) is 2.99. The summed E-state index contributed by atoms with van der Waals surface area (Å²) in [7, 11) is 0. The molecule has 0 spiro atoms. The van der Waals surface area contributed by atoms with Gasteiger partial charge in [0.05, 0.1) is 6.54 Å². The number of phenols is 2. The Labute approximate surface area is 156 Å². The largest absolute Gasteiger partial charge is 0.508 e. The molecule has 2 aromatic carbocycles. The van der Waals surface area contributed by atoms with Crippen LogP contribution in [0.3, 0.4) is 0 Å². The van der Waals surface area contributed by atoms with Crippen molar-refractivity contribution in [1.29, 1.82) is 0 Å². The van der Waals surface area contributed by atoms with Gasteiger partial charge < -0.3 is 15.5 Å². The monoisotopic (exact) mass is 354 g/mol. The zero-order chi connectivity index (χ0) is 18.6. The van der Waals surface area contributed by atoms with E-state index in [1.54, 1.807) is 24.4 Å². The Balaban J connectivity index is 1.88. The molecule has 1 unspecified atom stereocenters. The Morgan fingerprint density at radius 1 is 0.962 bits per heavy atom. The second-order valence-corrected chi connectivity index (χ2v) is 6.51. The predicted molar refractivity (Wildman–Crippen MR) is 108 cm³/mol. The number of benzene rings is 2. The highest BCUT2D eigenvalue weighted by atomic mass is 16.3. The van der Waals surface area contributed by atoms with Crippen LogP contribution in [0.5, 0.6) is 11.5 Å². The van der Waals surface area contributed by atoms with Gasteiger partial charge in [-0.25, -0.2) is 0 Å². The van der Waals surface area contributed by atoms with Gasteiger partial charge >= 0.3 is 0 Å². The van der Waals surface area contributed by atoms with Gasteiger partial charge in [0, 0.05) is 29.9 Å². The number of rotatable bonds is 11. The predicted octanol–water partition coefficient (Wildman–Crippen LogP) is 4.82. The van der Waals surface area contributed by atoms with Crippen LogP contribution in [-0.4, -0.2) is 29.5 Å². The molecule has 140 valence electrons. The molecule has 0 aliphatic carbocycles. The molecule has 1 atom stereocenters. The molecule has 0 saturated heterocycles. The van der Waals surface area contributed by atoms with Gasteiger partial charge in [0.25, 0.3) is 0 Å². The molecule has 3 N–H and O–H groups in total. The number of hydrogen-bond acceptors (Lipinski definition) is 4. The minimum atomic E-state index is 0.133. The summed E-state index contributed by atoms with van der Waals surface area (Å²) in [6.07, 6.45) is 7.52. The van der Waals surface area contributed by atoms with E-state index in [1.165, 1.54) is 19.3 Å². The fourth-order valence-electron chi connectivity index (χ4n) is 2.99. The first-order valence-electron chi connectivity index (χ1n) is 9.51. The summed E-state index contributed by atoms with van der Waals surface area (Å²) in [5, 5.41) is 23.4. The first kappa shape index (κ1) is 20.0. The Kier molecular flexibility index (Phi) is 8.70. The average molecular weight is 354 g/mol. The first-order chi connectivity index (χ1) is 12.7. The van der Waals surface area contributed by atoms with Crippen molar-refractivity contribution >= 4 is 6.21 Å². The number of para-hydroxylation sites is 2. The molecule has 2 rings (SSSR count). The molecule has 0 amide bonds. The molecule has 0 aromatic heterocycles. The van der Waals surface area contributed by atoms with E-state index in [0.717, 1.165) is 30.5 Å². The van der Waals surface area contributed by atoms with Crippen LogP contribution in [0.1, 0.15) is 56.2 Å². The van der Waals surface area contributed by atoms with E-state index >= 15 is 0 Å².